The van der Waals surface area contributed by atoms with E-state index in [-0.39, 0.29) is 24.7 Å². The van der Waals surface area contributed by atoms with Crippen molar-refractivity contribution in [2.24, 2.45) is 0 Å². The number of aliphatic hydroxyl groups is 1. The van der Waals surface area contributed by atoms with Gasteiger partial charge in [0.15, 0.2) is 15.9 Å². The highest BCUT2D eigenvalue weighted by atomic mass is 32.2. The quantitative estimate of drug-likeness (QED) is 0.183. The number of benzene rings is 3. The van der Waals surface area contributed by atoms with Gasteiger partial charge in [-0.25, -0.2) is 8.42 Å². The highest BCUT2D eigenvalue weighted by molar-refractivity contribution is 8.00. The molecule has 4 N–H and O–H groups in total. The predicted octanol–water partition coefficient (Wildman–Crippen LogP) is 2.51. The largest absolute Gasteiger partial charge is 0.497 e. The molecule has 0 bridgehead atoms. The van der Waals surface area contributed by atoms with Gasteiger partial charge in [0.05, 0.1) is 30.5 Å². The Kier molecular flexibility index (Phi) is 13.3. The smallest absolute Gasteiger partial charge is 0.254 e. The van der Waals surface area contributed by atoms with Gasteiger partial charge in [0.1, 0.15) is 17.8 Å². The molecule has 0 aliphatic carbocycles. The third-order valence-electron chi connectivity index (χ3n) is 8.71. The van der Waals surface area contributed by atoms with Crippen LogP contribution in [0.1, 0.15) is 43.0 Å². The third-order valence-corrected chi connectivity index (χ3v) is 11.7. The number of nitrogens with one attached hydrogen (secondary N) is 3. The van der Waals surface area contributed by atoms with Crippen molar-refractivity contribution in [2.45, 2.75) is 75.4 Å². The monoisotopic (exact) mass is 738 g/mol. The van der Waals surface area contributed by atoms with Crippen LogP contribution in [0.2, 0.25) is 0 Å². The normalized spacial score (nSPS) is 17.1. The minimum atomic E-state index is -3.95. The second kappa shape index (κ2) is 17.2. The molecule has 4 amide bonds. The zero-order valence-electron chi connectivity index (χ0n) is 29.4. The van der Waals surface area contributed by atoms with Gasteiger partial charge in [-0.1, -0.05) is 66.7 Å². The van der Waals surface area contributed by atoms with E-state index in [1.165, 1.54) is 23.8 Å². The van der Waals surface area contributed by atoms with Crippen molar-refractivity contribution in [3.8, 4) is 5.75 Å². The molecule has 4 atom stereocenters. The van der Waals surface area contributed by atoms with E-state index < -0.39 is 68.0 Å². The summed E-state index contributed by atoms with van der Waals surface area (Å²) < 4.78 is 30.9. The van der Waals surface area contributed by atoms with Crippen LogP contribution >= 0.6 is 11.8 Å². The van der Waals surface area contributed by atoms with E-state index in [1.807, 2.05) is 45.0 Å². The Labute approximate surface area is 303 Å². The van der Waals surface area contributed by atoms with Crippen molar-refractivity contribution in [3.63, 3.8) is 0 Å². The standard InChI is InChI=1S/C37H46N4O8S2/c1-24-11-9-10-14-28(24)20-38-35(45)33-37(3,4)50-23-41(33)36(46)32(43)30(19-26-12-7-6-8-13-26)40-34(44)31(39-25(2)42)22-51(47,48)21-27-15-17-29(49-5)18-16-27/h6-18,30-33,43H,19-23H2,1-5H3,(H,38,45)(H,39,42)(H,40,44)/t30-,31+,32-,33+/m0/s1. The second-order valence-corrected chi connectivity index (χ2v) is 16.8. The summed E-state index contributed by atoms with van der Waals surface area (Å²) in [6.07, 6.45) is -1.82. The maximum atomic E-state index is 14.1. The molecular weight excluding hydrogens is 693 g/mol. The van der Waals surface area contributed by atoms with Gasteiger partial charge in [-0.05, 0) is 61.6 Å². The lowest BCUT2D eigenvalue weighted by atomic mass is 9.97. The molecule has 0 radical (unpaired) electrons. The topological polar surface area (TPSA) is 171 Å². The van der Waals surface area contributed by atoms with Crippen LogP contribution in [0, 0.1) is 6.92 Å². The molecule has 3 aromatic carbocycles. The Morgan fingerprint density at radius 1 is 0.961 bits per heavy atom. The predicted molar refractivity (Wildman–Crippen MR) is 196 cm³/mol. The van der Waals surface area contributed by atoms with Crippen molar-refractivity contribution >= 4 is 45.2 Å². The fourth-order valence-corrected chi connectivity index (χ4v) is 8.65. The summed E-state index contributed by atoms with van der Waals surface area (Å²) in [6, 6.07) is 19.2. The molecule has 4 rings (SSSR count). The summed E-state index contributed by atoms with van der Waals surface area (Å²) >= 11 is 1.39. The lowest BCUT2D eigenvalue weighted by Crippen LogP contribution is -2.60. The van der Waals surface area contributed by atoms with Gasteiger partial charge in [-0.2, -0.15) is 0 Å². The molecule has 274 valence electrons. The van der Waals surface area contributed by atoms with Crippen molar-refractivity contribution in [3.05, 3.63) is 101 Å². The Morgan fingerprint density at radius 3 is 2.24 bits per heavy atom. The first kappa shape index (κ1) is 39.4. The molecule has 0 saturated carbocycles. The maximum Gasteiger partial charge on any atom is 0.254 e. The zero-order valence-corrected chi connectivity index (χ0v) is 31.1. The number of amides is 4. The minimum absolute atomic E-state index is 0.000596. The van der Waals surface area contributed by atoms with Gasteiger partial charge < -0.3 is 30.7 Å². The Hall–Kier alpha value is -4.40. The molecule has 12 nitrogen and oxygen atoms in total. The van der Waals surface area contributed by atoms with Crippen molar-refractivity contribution in [1.29, 1.82) is 0 Å². The number of carbonyl (C=O) groups is 4. The average molecular weight is 739 g/mol. The molecule has 0 spiro atoms. The molecule has 0 aromatic heterocycles. The Morgan fingerprint density at radius 2 is 1.61 bits per heavy atom. The molecule has 14 heteroatoms. The highest BCUT2D eigenvalue weighted by Gasteiger charge is 2.50. The van der Waals surface area contributed by atoms with Crippen molar-refractivity contribution < 1.29 is 37.4 Å². The molecule has 51 heavy (non-hydrogen) atoms. The second-order valence-electron chi connectivity index (χ2n) is 13.1. The number of sulfone groups is 1. The molecule has 1 fully saturated rings. The molecule has 1 saturated heterocycles. The van der Waals surface area contributed by atoms with Crippen LogP contribution in [0.3, 0.4) is 0 Å². The van der Waals surface area contributed by atoms with Crippen LogP contribution in [0.15, 0.2) is 78.9 Å². The minimum Gasteiger partial charge on any atom is -0.497 e. The van der Waals surface area contributed by atoms with E-state index in [9.17, 15) is 32.7 Å². The van der Waals surface area contributed by atoms with E-state index in [4.69, 9.17) is 4.74 Å². The molecule has 1 aliphatic heterocycles. The van der Waals surface area contributed by atoms with Gasteiger partial charge in [-0.15, -0.1) is 11.8 Å². The number of hydrogen-bond acceptors (Lipinski definition) is 9. The number of hydrogen-bond donors (Lipinski definition) is 4. The van der Waals surface area contributed by atoms with Crippen LogP contribution < -0.4 is 20.7 Å². The number of thioether (sulfide) groups is 1. The first-order valence-corrected chi connectivity index (χ1v) is 19.3. The van der Waals surface area contributed by atoms with Crippen LogP contribution in [-0.4, -0.2) is 89.8 Å². The number of methoxy groups -OCH3 is 1. The molecule has 3 aromatic rings. The lowest BCUT2D eigenvalue weighted by molar-refractivity contribution is -0.148. The van der Waals surface area contributed by atoms with E-state index >= 15 is 0 Å². The Balaban J connectivity index is 1.55. The van der Waals surface area contributed by atoms with Gasteiger partial charge in [-0.3, -0.25) is 19.2 Å². The van der Waals surface area contributed by atoms with Gasteiger partial charge >= 0.3 is 0 Å². The van der Waals surface area contributed by atoms with Crippen LogP contribution in [0.5, 0.6) is 5.75 Å². The first-order valence-electron chi connectivity index (χ1n) is 16.5. The number of carbonyl (C=O) groups excluding carboxylic acids is 4. The number of nitrogens with zero attached hydrogens (tertiary/aromatic N) is 1. The molecule has 1 aliphatic rings. The number of aliphatic hydroxyl groups excluding tert-OH is 1. The van der Waals surface area contributed by atoms with E-state index in [1.54, 1.807) is 54.6 Å². The van der Waals surface area contributed by atoms with Crippen LogP contribution in [0.4, 0.5) is 0 Å². The van der Waals surface area contributed by atoms with E-state index in [0.29, 0.717) is 16.9 Å². The third kappa shape index (κ3) is 10.8. The average Bonchev–Trinajstić information content (AvgIpc) is 3.41. The Bertz CT molecular complexity index is 1800. The van der Waals surface area contributed by atoms with E-state index in [2.05, 4.69) is 16.0 Å². The fourth-order valence-electron chi connectivity index (χ4n) is 5.95. The summed E-state index contributed by atoms with van der Waals surface area (Å²) in [6.45, 7) is 7.06. The van der Waals surface area contributed by atoms with Crippen LogP contribution in [0.25, 0.3) is 0 Å². The lowest BCUT2D eigenvalue weighted by Gasteiger charge is -2.33. The molecular formula is C37H46N4O8S2. The first-order chi connectivity index (χ1) is 24.1. The highest BCUT2D eigenvalue weighted by Crippen LogP contribution is 2.40. The zero-order chi connectivity index (χ0) is 37.3. The molecule has 0 unspecified atom stereocenters. The SMILES string of the molecule is COc1ccc(CS(=O)(=O)C[C@@H](NC(C)=O)C(=O)N[C@@H](Cc2ccccc2)[C@H](O)C(=O)N2CSC(C)(C)[C@H]2C(=O)NCc2ccccc2C)cc1. The van der Waals surface area contributed by atoms with Crippen LogP contribution in [-0.2, 0) is 47.7 Å². The van der Waals surface area contributed by atoms with Crippen molar-refractivity contribution in [1.82, 2.24) is 20.9 Å². The fraction of sp³-hybridized carbons (Fsp3) is 0.405. The summed E-state index contributed by atoms with van der Waals surface area (Å²) in [7, 11) is -2.46. The molecule has 1 heterocycles. The van der Waals surface area contributed by atoms with E-state index in [0.717, 1.165) is 18.1 Å². The number of ether oxygens (including phenoxy) is 1. The van der Waals surface area contributed by atoms with Gasteiger partial charge in [0.25, 0.3) is 5.91 Å². The van der Waals surface area contributed by atoms with Crippen molar-refractivity contribution in [2.75, 3.05) is 18.7 Å². The summed E-state index contributed by atoms with van der Waals surface area (Å²) in [5.74, 6) is -3.14. The van der Waals surface area contributed by atoms with Gasteiger partial charge in [0, 0.05) is 18.2 Å². The van der Waals surface area contributed by atoms with Gasteiger partial charge in [0.2, 0.25) is 17.7 Å². The summed E-state index contributed by atoms with van der Waals surface area (Å²) in [5.41, 5.74) is 3.08. The number of rotatable bonds is 15. The maximum absolute atomic E-state index is 14.1. The number of aryl methyl sites for hydroxylation is 1. The summed E-state index contributed by atoms with van der Waals surface area (Å²) in [5, 5.41) is 19.6. The summed E-state index contributed by atoms with van der Waals surface area (Å²) in [4.78, 5) is 54.9.